The second-order valence-electron chi connectivity index (χ2n) is 14.7. The first-order valence-electron chi connectivity index (χ1n) is 20.3. The zero-order chi connectivity index (χ0) is 38.6. The number of phosphoric ester groups is 1. The highest BCUT2D eigenvalue weighted by Gasteiger charge is 2.21. The number of carbonyl (C=O) groups excluding carboxylic acids is 2. The van der Waals surface area contributed by atoms with Gasteiger partial charge in [-0.15, -0.1) is 0 Å². The molecule has 0 aliphatic heterocycles. The van der Waals surface area contributed by atoms with Crippen LogP contribution in [0.5, 0.6) is 0 Å². The molecule has 9 nitrogen and oxygen atoms in total. The van der Waals surface area contributed by atoms with E-state index in [0.29, 0.717) is 23.9 Å². The number of quaternary nitrogens is 1. The molecule has 0 saturated heterocycles. The number of phosphoric acid groups is 1. The van der Waals surface area contributed by atoms with Crippen LogP contribution in [-0.2, 0) is 32.7 Å². The topological polar surface area (TPSA) is 111 Å². The minimum atomic E-state index is -4.62. The van der Waals surface area contributed by atoms with E-state index in [4.69, 9.17) is 18.5 Å². The maximum absolute atomic E-state index is 12.6. The maximum Gasteiger partial charge on any atom is 0.306 e. The van der Waals surface area contributed by atoms with Crippen molar-refractivity contribution >= 4 is 19.8 Å². The first kappa shape index (κ1) is 50.0. The zero-order valence-electron chi connectivity index (χ0n) is 33.7. The fourth-order valence-corrected chi connectivity index (χ4v) is 5.84. The van der Waals surface area contributed by atoms with E-state index in [9.17, 15) is 19.0 Å². The van der Waals surface area contributed by atoms with Crippen molar-refractivity contribution in [2.45, 2.75) is 161 Å². The van der Waals surface area contributed by atoms with E-state index in [1.807, 2.05) is 21.1 Å². The summed E-state index contributed by atoms with van der Waals surface area (Å²) < 4.78 is 33.7. The van der Waals surface area contributed by atoms with Gasteiger partial charge in [-0.2, -0.15) is 0 Å². The summed E-state index contributed by atoms with van der Waals surface area (Å²) in [6, 6.07) is 0. The monoisotopic (exact) mass is 754 g/mol. The lowest BCUT2D eigenvalue weighted by atomic mass is 10.1. The molecule has 0 bridgehead atoms. The van der Waals surface area contributed by atoms with Gasteiger partial charge in [-0.25, -0.2) is 0 Å². The van der Waals surface area contributed by atoms with Crippen LogP contribution in [0.2, 0.25) is 0 Å². The van der Waals surface area contributed by atoms with Gasteiger partial charge >= 0.3 is 11.9 Å². The highest BCUT2D eigenvalue weighted by molar-refractivity contribution is 7.45. The van der Waals surface area contributed by atoms with Gasteiger partial charge in [-0.05, 0) is 57.8 Å². The Balaban J connectivity index is 4.40. The SMILES string of the molecule is CCCCC/C=C\C/C=C\C/C=C\C/C=C\CCCCCC(=O)OC[C@H](COP(=O)([O-])OCC[N+](C)(C)C)OC(=O)CCCCCCCCCCC. The average Bonchev–Trinajstić information content (AvgIpc) is 3.09. The van der Waals surface area contributed by atoms with Gasteiger partial charge in [-0.3, -0.25) is 14.2 Å². The van der Waals surface area contributed by atoms with Crippen LogP contribution >= 0.6 is 7.82 Å². The zero-order valence-corrected chi connectivity index (χ0v) is 34.6. The Bertz CT molecular complexity index is 1030. The Morgan fingerprint density at radius 1 is 0.596 bits per heavy atom. The van der Waals surface area contributed by atoms with Crippen molar-refractivity contribution in [1.82, 2.24) is 0 Å². The standard InChI is InChI=1S/C42H76NO8P/c1-6-8-10-12-14-16-17-18-19-20-21-22-23-24-25-27-28-30-32-34-41(44)48-38-40(39-50-52(46,47)49-37-36-43(3,4)5)51-42(45)35-33-31-29-26-15-13-11-9-7-2/h14,16,18-19,21-22,24-25,40H,6-13,15,17,20,23,26-39H2,1-5H3/b16-14-,19-18-,22-21-,25-24-/t40-/m1/s1. The number of hydrogen-bond acceptors (Lipinski definition) is 8. The van der Waals surface area contributed by atoms with E-state index in [1.54, 1.807) is 0 Å². The summed E-state index contributed by atoms with van der Waals surface area (Å²) in [4.78, 5) is 37.3. The van der Waals surface area contributed by atoms with Crippen molar-refractivity contribution in [2.75, 3.05) is 47.5 Å². The molecule has 0 N–H and O–H groups in total. The fraction of sp³-hybridized carbons (Fsp3) is 0.762. The Hall–Kier alpha value is -2.03. The maximum atomic E-state index is 12.6. The van der Waals surface area contributed by atoms with E-state index < -0.39 is 32.5 Å². The Kier molecular flexibility index (Phi) is 33.4. The van der Waals surface area contributed by atoms with E-state index >= 15 is 0 Å². The molecular weight excluding hydrogens is 677 g/mol. The van der Waals surface area contributed by atoms with Crippen LogP contribution in [0.3, 0.4) is 0 Å². The van der Waals surface area contributed by atoms with Crippen LogP contribution in [0.4, 0.5) is 0 Å². The van der Waals surface area contributed by atoms with Crippen LogP contribution in [0.15, 0.2) is 48.6 Å². The fourth-order valence-electron chi connectivity index (χ4n) is 5.11. The quantitative estimate of drug-likeness (QED) is 0.0204. The van der Waals surface area contributed by atoms with Gasteiger partial charge in [0.05, 0.1) is 27.7 Å². The summed E-state index contributed by atoms with van der Waals surface area (Å²) in [5.74, 6) is -0.877. The first-order chi connectivity index (χ1) is 25.0. The molecule has 0 aliphatic carbocycles. The van der Waals surface area contributed by atoms with Crippen LogP contribution in [0.25, 0.3) is 0 Å². The second-order valence-corrected chi connectivity index (χ2v) is 16.1. The molecule has 0 aromatic rings. The van der Waals surface area contributed by atoms with Crippen molar-refractivity contribution in [3.05, 3.63) is 48.6 Å². The van der Waals surface area contributed by atoms with Gasteiger partial charge in [0.2, 0.25) is 0 Å². The van der Waals surface area contributed by atoms with Crippen LogP contribution in [0, 0.1) is 0 Å². The summed E-state index contributed by atoms with van der Waals surface area (Å²) in [7, 11) is 1.14. The van der Waals surface area contributed by atoms with Gasteiger partial charge in [-0.1, -0.05) is 133 Å². The third-order valence-electron chi connectivity index (χ3n) is 8.35. The predicted octanol–water partition coefficient (Wildman–Crippen LogP) is 10.5. The molecule has 0 spiro atoms. The van der Waals surface area contributed by atoms with Gasteiger partial charge in [0.25, 0.3) is 7.82 Å². The van der Waals surface area contributed by atoms with Crippen molar-refractivity contribution in [3.63, 3.8) is 0 Å². The minimum Gasteiger partial charge on any atom is -0.756 e. The van der Waals surface area contributed by atoms with Gasteiger partial charge in [0, 0.05) is 12.8 Å². The molecule has 0 heterocycles. The third-order valence-corrected chi connectivity index (χ3v) is 9.32. The summed E-state index contributed by atoms with van der Waals surface area (Å²) >= 11 is 0. The second kappa shape index (κ2) is 34.7. The number of likely N-dealkylation sites (N-methyl/N-ethyl adjacent to an activating group) is 1. The third kappa shape index (κ3) is 37.7. The molecule has 0 fully saturated rings. The number of hydrogen-bond donors (Lipinski definition) is 0. The number of carbonyl (C=O) groups is 2. The van der Waals surface area contributed by atoms with E-state index in [0.717, 1.165) is 57.8 Å². The molecule has 0 rings (SSSR count). The molecule has 0 amide bonds. The van der Waals surface area contributed by atoms with Crippen LogP contribution < -0.4 is 4.89 Å². The number of allylic oxidation sites excluding steroid dienone is 8. The molecule has 0 aromatic heterocycles. The number of rotatable bonds is 36. The number of esters is 2. The predicted molar refractivity (Wildman–Crippen MR) is 213 cm³/mol. The summed E-state index contributed by atoms with van der Waals surface area (Å²) in [6.07, 6.45) is 38.6. The van der Waals surface area contributed by atoms with Crippen molar-refractivity contribution in [3.8, 4) is 0 Å². The smallest absolute Gasteiger partial charge is 0.306 e. The lowest BCUT2D eigenvalue weighted by Gasteiger charge is -2.28. The van der Waals surface area contributed by atoms with Gasteiger partial charge in [0.1, 0.15) is 19.8 Å². The van der Waals surface area contributed by atoms with Gasteiger partial charge < -0.3 is 27.9 Å². The molecule has 302 valence electrons. The number of ether oxygens (including phenoxy) is 2. The summed E-state index contributed by atoms with van der Waals surface area (Å²) in [6.45, 7) is 4.12. The van der Waals surface area contributed by atoms with Gasteiger partial charge in [0.15, 0.2) is 6.10 Å². The normalized spacial score (nSPS) is 14.2. The molecule has 2 atom stereocenters. The molecule has 52 heavy (non-hydrogen) atoms. The number of nitrogens with zero attached hydrogens (tertiary/aromatic N) is 1. The summed E-state index contributed by atoms with van der Waals surface area (Å²) in [5, 5.41) is 0. The molecule has 1 unspecified atom stereocenters. The molecular formula is C42H76NO8P. The Morgan fingerprint density at radius 3 is 1.58 bits per heavy atom. The highest BCUT2D eigenvalue weighted by Crippen LogP contribution is 2.38. The number of unbranched alkanes of at least 4 members (excludes halogenated alkanes) is 14. The largest absolute Gasteiger partial charge is 0.756 e. The average molecular weight is 754 g/mol. The molecule has 10 heteroatoms. The molecule has 0 aliphatic rings. The lowest BCUT2D eigenvalue weighted by Crippen LogP contribution is -2.37. The Labute approximate surface area is 318 Å². The van der Waals surface area contributed by atoms with Crippen LogP contribution in [-0.4, -0.2) is 70.0 Å². The molecule has 0 saturated carbocycles. The van der Waals surface area contributed by atoms with Crippen LogP contribution in [0.1, 0.15) is 155 Å². The first-order valence-corrected chi connectivity index (χ1v) is 21.8. The van der Waals surface area contributed by atoms with E-state index in [2.05, 4.69) is 62.5 Å². The molecule has 0 radical (unpaired) electrons. The van der Waals surface area contributed by atoms with Crippen molar-refractivity contribution in [1.29, 1.82) is 0 Å². The lowest BCUT2D eigenvalue weighted by molar-refractivity contribution is -0.870. The van der Waals surface area contributed by atoms with Crippen molar-refractivity contribution in [2.24, 2.45) is 0 Å². The molecule has 0 aromatic carbocycles. The van der Waals surface area contributed by atoms with E-state index in [-0.39, 0.29) is 26.1 Å². The van der Waals surface area contributed by atoms with E-state index in [1.165, 1.54) is 57.8 Å². The highest BCUT2D eigenvalue weighted by atomic mass is 31.2. The minimum absolute atomic E-state index is 0.0370. The summed E-state index contributed by atoms with van der Waals surface area (Å²) in [5.41, 5.74) is 0. The van der Waals surface area contributed by atoms with Crippen molar-refractivity contribution < 1.29 is 42.1 Å². The Morgan fingerprint density at radius 2 is 1.04 bits per heavy atom.